The summed E-state index contributed by atoms with van der Waals surface area (Å²) < 4.78 is 31.4. The van der Waals surface area contributed by atoms with Crippen LogP contribution in [0.2, 0.25) is 0 Å². The predicted molar refractivity (Wildman–Crippen MR) is 134 cm³/mol. The quantitative estimate of drug-likeness (QED) is 0.227. The van der Waals surface area contributed by atoms with Gasteiger partial charge in [-0.1, -0.05) is 67.4 Å². The number of pyridine rings is 1. The number of amides is 1. The molecule has 0 fully saturated rings. The van der Waals surface area contributed by atoms with Gasteiger partial charge in [-0.3, -0.25) is 9.35 Å². The number of hydrazone groups is 1. The number of allylic oxidation sites excluding steroid dienone is 1. The smallest absolute Gasteiger partial charge is 0.282 e. The van der Waals surface area contributed by atoms with Crippen molar-refractivity contribution in [2.75, 3.05) is 0 Å². The van der Waals surface area contributed by atoms with Crippen LogP contribution >= 0.6 is 0 Å². The summed E-state index contributed by atoms with van der Waals surface area (Å²) in [6, 6.07) is 19.7. The molecule has 1 heterocycles. The standard InChI is InChI=1S/C19H21N3O.C7H8O3S/c1-3-8-17(13-16-9-5-4-6-10-16)14-20-21-19(23)18-11-7-12-22(2)15-18;1-6-2-4-7(5-3-6)11(8,9)10/h4-7,9-15H,3,8H2,1-2H3;2-5H,1H3,(H,8,9,10)/p+1/b17-13+,20-14+;. The Morgan fingerprint density at radius 3 is 2.32 bits per heavy atom. The molecular formula is C26H30N3O4S+. The number of hydrogen-bond acceptors (Lipinski definition) is 4. The topological polar surface area (TPSA) is 99.7 Å². The van der Waals surface area contributed by atoms with Gasteiger partial charge in [0, 0.05) is 6.07 Å². The average molecular weight is 481 g/mol. The van der Waals surface area contributed by atoms with E-state index < -0.39 is 10.1 Å². The highest BCUT2D eigenvalue weighted by molar-refractivity contribution is 7.85. The zero-order chi connectivity index (χ0) is 25.0. The van der Waals surface area contributed by atoms with Gasteiger partial charge < -0.3 is 0 Å². The summed E-state index contributed by atoms with van der Waals surface area (Å²) in [5, 5.41) is 4.09. The van der Waals surface area contributed by atoms with Gasteiger partial charge in [0.05, 0.1) is 11.1 Å². The molecule has 34 heavy (non-hydrogen) atoms. The molecule has 2 N–H and O–H groups in total. The third-order valence-electron chi connectivity index (χ3n) is 4.61. The number of carbonyl (C=O) groups is 1. The molecule has 0 saturated heterocycles. The number of aryl methyl sites for hydroxylation is 2. The number of aromatic nitrogens is 1. The van der Waals surface area contributed by atoms with Crippen LogP contribution in [0, 0.1) is 6.92 Å². The summed E-state index contributed by atoms with van der Waals surface area (Å²) in [5.41, 5.74) is 6.32. The van der Waals surface area contributed by atoms with Crippen LogP contribution in [-0.2, 0) is 17.2 Å². The van der Waals surface area contributed by atoms with Crippen LogP contribution in [0.4, 0.5) is 0 Å². The molecule has 178 valence electrons. The molecule has 0 bridgehead atoms. The van der Waals surface area contributed by atoms with Crippen LogP contribution in [0.1, 0.15) is 41.3 Å². The maximum absolute atomic E-state index is 12.0. The van der Waals surface area contributed by atoms with Crippen LogP contribution in [0.25, 0.3) is 6.08 Å². The van der Waals surface area contributed by atoms with E-state index in [0.29, 0.717) is 5.56 Å². The lowest BCUT2D eigenvalue weighted by Gasteiger charge is -2.01. The molecule has 0 saturated carbocycles. The zero-order valence-corrected chi connectivity index (χ0v) is 20.4. The maximum atomic E-state index is 12.0. The second-order valence-corrected chi connectivity index (χ2v) is 9.05. The van der Waals surface area contributed by atoms with Crippen molar-refractivity contribution in [3.63, 3.8) is 0 Å². The number of hydrogen-bond donors (Lipinski definition) is 2. The lowest BCUT2D eigenvalue weighted by atomic mass is 10.1. The molecule has 0 unspecified atom stereocenters. The van der Waals surface area contributed by atoms with Crippen molar-refractivity contribution in [3.05, 3.63) is 101 Å². The molecule has 8 heteroatoms. The molecule has 7 nitrogen and oxygen atoms in total. The van der Waals surface area contributed by atoms with Crippen molar-refractivity contribution in [1.29, 1.82) is 0 Å². The van der Waals surface area contributed by atoms with Crippen molar-refractivity contribution >= 4 is 28.3 Å². The molecule has 1 aromatic heterocycles. The largest absolute Gasteiger partial charge is 0.294 e. The Balaban J connectivity index is 0.000000310. The lowest BCUT2D eigenvalue weighted by molar-refractivity contribution is -0.671. The molecule has 2 aromatic carbocycles. The Morgan fingerprint density at radius 1 is 1.06 bits per heavy atom. The van der Waals surface area contributed by atoms with Crippen LogP contribution in [0.5, 0.6) is 0 Å². The zero-order valence-electron chi connectivity index (χ0n) is 19.5. The second-order valence-electron chi connectivity index (χ2n) is 7.63. The van der Waals surface area contributed by atoms with Gasteiger partial charge in [0.2, 0.25) is 0 Å². The van der Waals surface area contributed by atoms with Gasteiger partial charge in [-0.15, -0.1) is 0 Å². The van der Waals surface area contributed by atoms with Crippen molar-refractivity contribution in [2.24, 2.45) is 12.1 Å². The molecule has 0 aliphatic carbocycles. The fourth-order valence-electron chi connectivity index (χ4n) is 2.90. The highest BCUT2D eigenvalue weighted by atomic mass is 32.2. The van der Waals surface area contributed by atoms with Crippen LogP contribution in [0.3, 0.4) is 0 Å². The summed E-state index contributed by atoms with van der Waals surface area (Å²) in [6.07, 6.45) is 9.38. The minimum absolute atomic E-state index is 0.0666. The van der Waals surface area contributed by atoms with Crippen LogP contribution in [-0.4, -0.2) is 25.1 Å². The second kappa shape index (κ2) is 13.2. The molecule has 0 spiro atoms. The van der Waals surface area contributed by atoms with E-state index in [1.807, 2.05) is 61.1 Å². The molecule has 3 aromatic rings. The Hall–Kier alpha value is -3.62. The van der Waals surface area contributed by atoms with Crippen molar-refractivity contribution in [3.8, 4) is 0 Å². The van der Waals surface area contributed by atoms with Crippen molar-refractivity contribution in [1.82, 2.24) is 5.43 Å². The first-order valence-electron chi connectivity index (χ1n) is 10.8. The van der Waals surface area contributed by atoms with Gasteiger partial charge in [0.1, 0.15) is 12.6 Å². The lowest BCUT2D eigenvalue weighted by Crippen LogP contribution is -2.29. The Labute approximate surface area is 201 Å². The van der Waals surface area contributed by atoms with Gasteiger partial charge in [0.25, 0.3) is 16.0 Å². The number of rotatable bonds is 7. The fourth-order valence-corrected chi connectivity index (χ4v) is 3.38. The van der Waals surface area contributed by atoms with E-state index >= 15 is 0 Å². The first-order chi connectivity index (χ1) is 16.2. The molecule has 1 amide bonds. The fraction of sp³-hybridized carbons (Fsp3) is 0.192. The molecular weight excluding hydrogens is 450 g/mol. The third-order valence-corrected chi connectivity index (χ3v) is 5.48. The highest BCUT2D eigenvalue weighted by Gasteiger charge is 2.08. The summed E-state index contributed by atoms with van der Waals surface area (Å²) in [4.78, 5) is 12.0. The van der Waals surface area contributed by atoms with E-state index in [1.165, 1.54) is 12.1 Å². The molecule has 0 aliphatic rings. The summed E-state index contributed by atoms with van der Waals surface area (Å²) >= 11 is 0. The van der Waals surface area contributed by atoms with E-state index in [0.717, 1.165) is 29.5 Å². The normalized spacial score (nSPS) is 11.6. The molecule has 0 aliphatic heterocycles. The van der Waals surface area contributed by atoms with Gasteiger partial charge in [-0.25, -0.2) is 9.99 Å². The molecule has 0 radical (unpaired) electrons. The van der Waals surface area contributed by atoms with E-state index in [-0.39, 0.29) is 10.8 Å². The first-order valence-corrected chi connectivity index (χ1v) is 12.2. The van der Waals surface area contributed by atoms with E-state index in [9.17, 15) is 13.2 Å². The first kappa shape index (κ1) is 26.6. The number of nitrogens with zero attached hydrogens (tertiary/aromatic N) is 2. The number of nitrogens with one attached hydrogen (secondary N) is 1. The summed E-state index contributed by atoms with van der Waals surface area (Å²) in [6.45, 7) is 3.96. The maximum Gasteiger partial charge on any atom is 0.294 e. The predicted octanol–water partition coefficient (Wildman–Crippen LogP) is 4.35. The highest BCUT2D eigenvalue weighted by Crippen LogP contribution is 2.10. The number of benzene rings is 2. The van der Waals surface area contributed by atoms with Crippen molar-refractivity contribution in [2.45, 2.75) is 31.6 Å². The molecule has 3 rings (SSSR count). The monoisotopic (exact) mass is 480 g/mol. The molecule has 0 atom stereocenters. The van der Waals surface area contributed by atoms with Crippen LogP contribution in [0.15, 0.2) is 94.7 Å². The van der Waals surface area contributed by atoms with E-state index in [2.05, 4.69) is 23.5 Å². The minimum atomic E-state index is -4.02. The van der Waals surface area contributed by atoms with E-state index in [4.69, 9.17) is 4.55 Å². The average Bonchev–Trinajstić information content (AvgIpc) is 2.80. The summed E-state index contributed by atoms with van der Waals surface area (Å²) in [5.74, 6) is -0.215. The number of carbonyl (C=O) groups excluding carboxylic acids is 1. The Bertz CT molecular complexity index is 1240. The van der Waals surface area contributed by atoms with Gasteiger partial charge in [-0.05, 0) is 42.7 Å². The van der Waals surface area contributed by atoms with E-state index in [1.54, 1.807) is 30.6 Å². The summed E-state index contributed by atoms with van der Waals surface area (Å²) in [7, 11) is -2.14. The third kappa shape index (κ3) is 9.48. The Morgan fingerprint density at radius 2 is 1.74 bits per heavy atom. The SMILES string of the molecule is CCCC(/C=N/NC(=O)c1ccc[n+](C)c1)=C\c1ccccc1.Cc1ccc(S(=O)(=O)O)cc1. The van der Waals surface area contributed by atoms with Crippen LogP contribution < -0.4 is 9.99 Å². The van der Waals surface area contributed by atoms with Gasteiger partial charge >= 0.3 is 0 Å². The Kier molecular flexibility index (Phi) is 10.3. The van der Waals surface area contributed by atoms with Crippen molar-refractivity contribution < 1.29 is 22.3 Å². The van der Waals surface area contributed by atoms with Gasteiger partial charge in [0.15, 0.2) is 12.4 Å². The van der Waals surface area contributed by atoms with Gasteiger partial charge in [-0.2, -0.15) is 13.5 Å². The minimum Gasteiger partial charge on any atom is -0.282 e.